The van der Waals surface area contributed by atoms with Crippen molar-refractivity contribution in [3.63, 3.8) is 0 Å². The summed E-state index contributed by atoms with van der Waals surface area (Å²) in [5.41, 5.74) is 1.41. The van der Waals surface area contributed by atoms with Crippen LogP contribution in [0, 0.1) is 5.82 Å². The second-order valence-corrected chi connectivity index (χ2v) is 10.4. The monoisotopic (exact) mass is 603 g/mol. The summed E-state index contributed by atoms with van der Waals surface area (Å²) in [6.07, 6.45) is 0. The molecule has 11 heteroatoms. The van der Waals surface area contributed by atoms with Crippen molar-refractivity contribution >= 4 is 58.1 Å². The molecule has 3 amide bonds. The first-order chi connectivity index (χ1) is 20.3. The lowest BCUT2D eigenvalue weighted by molar-refractivity contribution is -0.120. The highest BCUT2D eigenvalue weighted by molar-refractivity contribution is 8.04. The van der Waals surface area contributed by atoms with Crippen LogP contribution in [-0.4, -0.2) is 31.9 Å². The molecule has 1 aliphatic rings. The molecule has 0 aromatic heterocycles. The molecule has 0 aliphatic carbocycles. The zero-order chi connectivity index (χ0) is 29.8. The highest BCUT2D eigenvalue weighted by Gasteiger charge is 2.41. The number of amides is 3. The summed E-state index contributed by atoms with van der Waals surface area (Å²) < 4.78 is 24.3. The van der Waals surface area contributed by atoms with E-state index in [1.54, 1.807) is 66.7 Å². The molecule has 0 saturated carbocycles. The number of halogens is 2. The summed E-state index contributed by atoms with van der Waals surface area (Å²) in [5.74, 6) is -1.32. The van der Waals surface area contributed by atoms with Gasteiger partial charge >= 0.3 is 0 Å². The highest BCUT2D eigenvalue weighted by atomic mass is 35.5. The Morgan fingerprint density at radius 3 is 2.33 bits per heavy atom. The van der Waals surface area contributed by atoms with E-state index in [0.29, 0.717) is 32.6 Å². The number of rotatable bonds is 9. The van der Waals surface area contributed by atoms with Gasteiger partial charge in [-0.05, 0) is 66.7 Å². The van der Waals surface area contributed by atoms with Gasteiger partial charge in [0.15, 0.2) is 0 Å². The van der Waals surface area contributed by atoms with Crippen LogP contribution in [0.2, 0.25) is 5.02 Å². The minimum absolute atomic E-state index is 0.0000136. The van der Waals surface area contributed by atoms with Crippen LogP contribution >= 0.6 is 23.4 Å². The number of hydrogen-bond acceptors (Lipinski definition) is 7. The molecule has 0 bridgehead atoms. The van der Waals surface area contributed by atoms with Crippen molar-refractivity contribution in [2.75, 3.05) is 29.8 Å². The van der Waals surface area contributed by atoms with Crippen LogP contribution in [-0.2, 0) is 9.59 Å². The lowest BCUT2D eigenvalue weighted by Crippen LogP contribution is -2.32. The fourth-order valence-corrected chi connectivity index (χ4v) is 5.39. The largest absolute Gasteiger partial charge is 0.497 e. The van der Waals surface area contributed by atoms with E-state index in [1.165, 1.54) is 38.5 Å². The van der Waals surface area contributed by atoms with Crippen LogP contribution in [0.3, 0.4) is 0 Å². The minimum atomic E-state index is -0.626. The van der Waals surface area contributed by atoms with Gasteiger partial charge in [-0.25, -0.2) is 9.29 Å². The predicted molar refractivity (Wildman–Crippen MR) is 161 cm³/mol. The van der Waals surface area contributed by atoms with E-state index in [2.05, 4.69) is 10.6 Å². The summed E-state index contributed by atoms with van der Waals surface area (Å²) in [6.45, 7) is 0. The zero-order valence-corrected chi connectivity index (χ0v) is 23.9. The smallest absolute Gasteiger partial charge is 0.283 e. The van der Waals surface area contributed by atoms with Crippen molar-refractivity contribution in [1.82, 2.24) is 0 Å². The van der Waals surface area contributed by atoms with E-state index in [1.807, 2.05) is 0 Å². The Labute approximate surface area is 250 Å². The molecule has 42 heavy (non-hydrogen) atoms. The molecular weight excluding hydrogens is 581 g/mol. The number of carbonyl (C=O) groups excluding carboxylic acids is 3. The Kier molecular flexibility index (Phi) is 8.46. The van der Waals surface area contributed by atoms with Crippen molar-refractivity contribution in [3.8, 4) is 11.5 Å². The summed E-state index contributed by atoms with van der Waals surface area (Å²) in [4.78, 5) is 42.1. The van der Waals surface area contributed by atoms with E-state index in [0.717, 1.165) is 16.7 Å². The molecular formula is C31H23ClFN3O5S. The molecule has 0 spiro atoms. The van der Waals surface area contributed by atoms with Crippen LogP contribution in [0.1, 0.15) is 10.4 Å². The summed E-state index contributed by atoms with van der Waals surface area (Å²) in [6, 6.07) is 23.6. The molecule has 1 heterocycles. The molecule has 2 N–H and O–H groups in total. The Morgan fingerprint density at radius 2 is 1.62 bits per heavy atom. The van der Waals surface area contributed by atoms with Gasteiger partial charge < -0.3 is 20.1 Å². The number of anilines is 3. The maximum atomic E-state index is 13.8. The van der Waals surface area contributed by atoms with Crippen LogP contribution in [0.15, 0.2) is 106 Å². The van der Waals surface area contributed by atoms with Gasteiger partial charge in [0.05, 0.1) is 30.5 Å². The topological polar surface area (TPSA) is 97.0 Å². The Bertz CT molecular complexity index is 1730. The Morgan fingerprint density at radius 1 is 0.857 bits per heavy atom. The van der Waals surface area contributed by atoms with Gasteiger partial charge in [-0.1, -0.05) is 41.6 Å². The summed E-state index contributed by atoms with van der Waals surface area (Å²) >= 11 is 7.21. The first kappa shape index (κ1) is 28.7. The predicted octanol–water partition coefficient (Wildman–Crippen LogP) is 6.74. The molecule has 5 rings (SSSR count). The first-order valence-corrected chi connectivity index (χ1v) is 13.7. The van der Waals surface area contributed by atoms with Crippen LogP contribution < -0.4 is 25.0 Å². The molecule has 0 saturated heterocycles. The number of ether oxygens (including phenoxy) is 2. The van der Waals surface area contributed by atoms with E-state index in [-0.39, 0.29) is 22.0 Å². The summed E-state index contributed by atoms with van der Waals surface area (Å²) in [7, 11) is 2.92. The standard InChI is InChI=1S/C31H23ClFN3O5S/c1-40-21-14-15-25(26(17-21)41-2)36-30(38)27(34-19-12-10-18(33)11-13-19)28(31(36)39)42-22-7-5-6-20(16-22)35-29(37)23-8-3-4-9-24(23)32/h3-17,34H,1-2H3,(H,35,37). The van der Waals surface area contributed by atoms with Crippen molar-refractivity contribution < 1.29 is 28.2 Å². The van der Waals surface area contributed by atoms with Gasteiger partial charge in [0.25, 0.3) is 17.7 Å². The van der Waals surface area contributed by atoms with Crippen LogP contribution in [0.4, 0.5) is 21.5 Å². The van der Waals surface area contributed by atoms with Crippen molar-refractivity contribution in [1.29, 1.82) is 0 Å². The molecule has 1 aliphatic heterocycles. The Hall–Kier alpha value is -4.80. The van der Waals surface area contributed by atoms with Crippen molar-refractivity contribution in [2.45, 2.75) is 4.90 Å². The molecule has 4 aromatic carbocycles. The number of methoxy groups -OCH3 is 2. The van der Waals surface area contributed by atoms with Crippen molar-refractivity contribution in [3.05, 3.63) is 118 Å². The van der Waals surface area contributed by atoms with Gasteiger partial charge in [0.1, 0.15) is 27.9 Å². The number of thioether (sulfide) groups is 1. The number of nitrogens with one attached hydrogen (secondary N) is 2. The van der Waals surface area contributed by atoms with E-state index >= 15 is 0 Å². The van der Waals surface area contributed by atoms with E-state index in [4.69, 9.17) is 21.1 Å². The molecule has 0 fully saturated rings. The third kappa shape index (κ3) is 5.95. The molecule has 0 radical (unpaired) electrons. The van der Waals surface area contributed by atoms with E-state index < -0.39 is 23.5 Å². The SMILES string of the molecule is COc1ccc(N2C(=O)C(Nc3ccc(F)cc3)=C(Sc3cccc(NC(=O)c4ccccc4Cl)c3)C2=O)c(OC)c1. The average molecular weight is 604 g/mol. The second-order valence-electron chi connectivity index (χ2n) is 8.88. The van der Waals surface area contributed by atoms with E-state index in [9.17, 15) is 18.8 Å². The number of benzene rings is 4. The maximum absolute atomic E-state index is 13.8. The molecule has 4 aromatic rings. The number of nitrogens with zero attached hydrogens (tertiary/aromatic N) is 1. The second kappa shape index (κ2) is 12.4. The van der Waals surface area contributed by atoms with Crippen molar-refractivity contribution in [2.24, 2.45) is 0 Å². The molecule has 0 unspecified atom stereocenters. The molecule has 8 nitrogen and oxygen atoms in total. The number of hydrogen-bond donors (Lipinski definition) is 2. The van der Waals surface area contributed by atoms with Crippen LogP contribution in [0.25, 0.3) is 0 Å². The van der Waals surface area contributed by atoms with Gasteiger partial charge in [0.2, 0.25) is 0 Å². The molecule has 0 atom stereocenters. The fourth-order valence-electron chi connectivity index (χ4n) is 4.18. The van der Waals surface area contributed by atoms with Gasteiger partial charge in [0, 0.05) is 22.3 Å². The third-order valence-electron chi connectivity index (χ3n) is 6.21. The average Bonchev–Trinajstić information content (AvgIpc) is 3.21. The fraction of sp³-hybridized carbons (Fsp3) is 0.0645. The normalized spacial score (nSPS) is 12.9. The summed E-state index contributed by atoms with van der Waals surface area (Å²) in [5, 5.41) is 6.10. The first-order valence-electron chi connectivity index (χ1n) is 12.5. The quantitative estimate of drug-likeness (QED) is 0.205. The minimum Gasteiger partial charge on any atom is -0.497 e. The lowest BCUT2D eigenvalue weighted by Gasteiger charge is -2.19. The number of imide groups is 1. The van der Waals surface area contributed by atoms with Gasteiger partial charge in [-0.3, -0.25) is 14.4 Å². The van der Waals surface area contributed by atoms with Gasteiger partial charge in [-0.15, -0.1) is 0 Å². The number of carbonyl (C=O) groups is 3. The molecule has 212 valence electrons. The van der Waals surface area contributed by atoms with Gasteiger partial charge in [-0.2, -0.15) is 0 Å². The maximum Gasteiger partial charge on any atom is 0.283 e. The van der Waals surface area contributed by atoms with Crippen LogP contribution in [0.5, 0.6) is 11.5 Å². The highest BCUT2D eigenvalue weighted by Crippen LogP contribution is 2.42. The zero-order valence-electron chi connectivity index (χ0n) is 22.3. The Balaban J connectivity index is 1.49. The lowest BCUT2D eigenvalue weighted by atomic mass is 10.2. The third-order valence-corrected chi connectivity index (χ3v) is 7.62.